The molecule has 0 aromatic heterocycles. The Morgan fingerprint density at radius 3 is 0.600 bits per heavy atom. The van der Waals surface area contributed by atoms with Crippen molar-refractivity contribution in [3.8, 4) is 0 Å². The largest absolute Gasteiger partial charge is 0.328 e. The van der Waals surface area contributed by atoms with Gasteiger partial charge in [0, 0.05) is 843 Å². The fourth-order valence-corrected chi connectivity index (χ4v) is 1.21. The first kappa shape index (κ1) is 325. The molecule has 0 amide bonds. The van der Waals surface area contributed by atoms with E-state index < -0.39 is 0 Å². The van der Waals surface area contributed by atoms with Crippen molar-refractivity contribution >= 4 is 7.28 Å². The van der Waals surface area contributed by atoms with Gasteiger partial charge in [-0.3, -0.25) is 0 Å². The molecule has 0 saturated heterocycles. The summed E-state index contributed by atoms with van der Waals surface area (Å²) in [5, 5.41) is 0. The second kappa shape index (κ2) is 281. The van der Waals surface area contributed by atoms with Gasteiger partial charge in [-0.05, 0) is 6.42 Å². The molecule has 1 rings (SSSR count). The van der Waals surface area contributed by atoms with E-state index in [4.69, 9.17) is 0 Å². The molecular formula is C9H13BW40-. The van der Waals surface area contributed by atoms with E-state index in [1.54, 1.807) is 0 Å². The first-order chi connectivity index (χ1) is 4.86. The van der Waals surface area contributed by atoms with E-state index in [0.29, 0.717) is 0 Å². The molecule has 0 spiro atoms. The summed E-state index contributed by atoms with van der Waals surface area (Å²) in [6, 6.07) is 0. The van der Waals surface area contributed by atoms with Crippen molar-refractivity contribution in [1.29, 1.82) is 0 Å². The van der Waals surface area contributed by atoms with Gasteiger partial charge in [-0.15, -0.1) is 5.47 Å². The molecule has 0 unspecified atom stereocenters. The first-order valence-corrected chi connectivity index (χ1v) is 3.82. The van der Waals surface area contributed by atoms with Crippen molar-refractivity contribution in [2.45, 2.75) is 26.6 Å². The molecule has 0 aromatic rings. The predicted octanol–water partition coefficient (Wildman–Crippen LogP) is 2.47. The smallest absolute Gasteiger partial charge is 0.142 e. The average molecular weight is 7490 g/mol. The minimum atomic E-state index is 0. The zero-order chi connectivity index (χ0) is 7.40. The van der Waals surface area contributed by atoms with Gasteiger partial charge in [0.05, 0.1) is 0 Å². The number of rotatable bonds is 3. The molecule has 0 N–H and O–H groups in total. The number of hydrogen-bond donors (Lipinski definition) is 0. The van der Waals surface area contributed by atoms with Crippen LogP contribution in [0.4, 0.5) is 0 Å². The molecule has 0 nitrogen and oxygen atoms in total. The van der Waals surface area contributed by atoms with Crippen LogP contribution < -0.4 is 0 Å². The quantitative estimate of drug-likeness (QED) is 0.302. The average Bonchev–Trinajstić information content (AvgIpc) is 2.37. The normalized spacial score (nSPS) is 3.32. The van der Waals surface area contributed by atoms with Crippen LogP contribution in [0.3, 0.4) is 0 Å². The van der Waals surface area contributed by atoms with E-state index in [1.807, 2.05) is 0 Å². The van der Waals surface area contributed by atoms with Crippen LogP contribution in [0.1, 0.15) is 19.8 Å². The van der Waals surface area contributed by atoms with Gasteiger partial charge < -0.3 is 6.42 Å². The Hall–Kier alpha value is 27.1. The van der Waals surface area contributed by atoms with Crippen LogP contribution in [0.5, 0.6) is 0 Å². The molecule has 50 heavy (non-hydrogen) atoms. The number of hydrogen-bond acceptors (Lipinski definition) is 0. The molecule has 1 radical (unpaired) electrons. The number of allylic oxidation sites excluding steroid dienone is 4. The van der Waals surface area contributed by atoms with Crippen LogP contribution in [0.25, 0.3) is 0 Å². The van der Waals surface area contributed by atoms with E-state index in [1.165, 1.54) is 17.5 Å². The predicted molar refractivity (Wildman–Crippen MR) is 47.0 cm³/mol. The zero-order valence-electron chi connectivity index (χ0n) is 23.1. The van der Waals surface area contributed by atoms with Crippen molar-refractivity contribution in [1.82, 2.24) is 0 Å². The zero-order valence-corrected chi connectivity index (χ0v) is 140. The molecule has 41 heteroatoms. The maximum Gasteiger partial charge on any atom is 0.142 e. The summed E-state index contributed by atoms with van der Waals surface area (Å²) in [4.78, 5) is 0. The molecule has 293 valence electrons. The van der Waals surface area contributed by atoms with Crippen molar-refractivity contribution in [3.63, 3.8) is 0 Å². The van der Waals surface area contributed by atoms with Crippen LogP contribution >= 0.6 is 0 Å². The SMILES string of the molecule is C[B]C1=CC=C(C[CH-]C)C1.[W].[W].[W].[W].[W].[W].[W].[W].[W].[W].[W].[W].[W].[W].[W].[W].[W].[W].[W].[W].[W].[W].[W].[W].[W].[W].[W].[W].[W].[W].[W].[W].[W].[W].[W].[W].[W].[W].[W].[W]. The Morgan fingerprint density at radius 1 is 0.340 bits per heavy atom. The van der Waals surface area contributed by atoms with Gasteiger partial charge in [0.2, 0.25) is 0 Å². The molecular weight excluding hydrogens is 7470 g/mol. The summed E-state index contributed by atoms with van der Waals surface area (Å²) >= 11 is 0. The van der Waals surface area contributed by atoms with Crippen molar-refractivity contribution in [2.75, 3.05) is 0 Å². The van der Waals surface area contributed by atoms with Gasteiger partial charge in [-0.1, -0.05) is 24.5 Å². The third kappa shape index (κ3) is 244. The molecule has 0 aromatic carbocycles. The molecule has 1 aliphatic carbocycles. The van der Waals surface area contributed by atoms with E-state index in [-0.39, 0.29) is 843 Å². The molecule has 0 heterocycles. The summed E-state index contributed by atoms with van der Waals surface area (Å²) in [6.45, 7) is 4.20. The third-order valence-corrected chi connectivity index (χ3v) is 1.80. The van der Waals surface area contributed by atoms with Gasteiger partial charge >= 0.3 is 0 Å². The molecule has 0 aliphatic heterocycles. The van der Waals surface area contributed by atoms with Crippen LogP contribution in [0.15, 0.2) is 23.2 Å². The first-order valence-electron chi connectivity index (χ1n) is 3.82. The van der Waals surface area contributed by atoms with Crippen LogP contribution in [0.2, 0.25) is 6.82 Å². The van der Waals surface area contributed by atoms with E-state index >= 15 is 0 Å². The summed E-state index contributed by atoms with van der Waals surface area (Å²) in [7, 11) is 2.18. The van der Waals surface area contributed by atoms with Gasteiger partial charge in [-0.25, -0.2) is 0 Å². The minimum absolute atomic E-state index is 0. The molecule has 0 atom stereocenters. The molecule has 0 bridgehead atoms. The summed E-state index contributed by atoms with van der Waals surface area (Å²) < 4.78 is 0. The standard InChI is InChI=1S/C9H13B.40W/c1-3-4-8-5-6-9(7-8)10-2;;;;;;;;;;;;;;;;;;;;;;;;;;;;;;;;;;;;;;;;/h3,5-6H,4,7H2,1-2H3;;;;;;;;;;;;;;;;;;;;;;;;;;;;;;;;;;;;;;;;/q-1;;;;;;;;;;;;;;;;;;;;;;;;;;;;;;;;;;;;;;;;. The van der Waals surface area contributed by atoms with E-state index in [0.717, 1.165) is 6.42 Å². The van der Waals surface area contributed by atoms with E-state index in [2.05, 4.69) is 39.6 Å². The maximum absolute atomic E-state index is 2.23. The van der Waals surface area contributed by atoms with Crippen LogP contribution in [-0.2, 0) is 843 Å². The Balaban J connectivity index is -0.000000000658. The van der Waals surface area contributed by atoms with Crippen molar-refractivity contribution in [2.24, 2.45) is 0 Å². The topological polar surface area (TPSA) is 0 Å². The fourth-order valence-electron chi connectivity index (χ4n) is 1.21. The van der Waals surface area contributed by atoms with E-state index in [9.17, 15) is 0 Å². The summed E-state index contributed by atoms with van der Waals surface area (Å²) in [5.74, 6) is 0. The maximum atomic E-state index is 2.23. The van der Waals surface area contributed by atoms with Crippen molar-refractivity contribution < 1.29 is 843 Å². The molecule has 1 aliphatic rings. The third-order valence-electron chi connectivity index (χ3n) is 1.80. The van der Waals surface area contributed by atoms with Gasteiger partial charge in [0.25, 0.3) is 0 Å². The summed E-state index contributed by atoms with van der Waals surface area (Å²) in [6.07, 6.45) is 8.96. The van der Waals surface area contributed by atoms with Gasteiger partial charge in [0.15, 0.2) is 0 Å². The second-order valence-corrected chi connectivity index (χ2v) is 2.64. The minimum Gasteiger partial charge on any atom is -0.328 e. The monoisotopic (exact) mass is 7490 g/mol. The van der Waals surface area contributed by atoms with Crippen LogP contribution in [0, 0.1) is 6.42 Å². The molecule has 0 fully saturated rings. The Bertz CT molecular complexity index is 202. The van der Waals surface area contributed by atoms with Crippen LogP contribution in [-0.4, -0.2) is 7.28 Å². The van der Waals surface area contributed by atoms with Gasteiger partial charge in [-0.2, -0.15) is 13.3 Å². The van der Waals surface area contributed by atoms with Gasteiger partial charge in [0.1, 0.15) is 7.28 Å². The molecule has 0 saturated carbocycles. The Labute approximate surface area is 880 Å². The second-order valence-electron chi connectivity index (χ2n) is 2.64. The Morgan fingerprint density at radius 2 is 0.500 bits per heavy atom. The van der Waals surface area contributed by atoms with Crippen molar-refractivity contribution in [3.05, 3.63) is 29.6 Å². The summed E-state index contributed by atoms with van der Waals surface area (Å²) in [5.41, 5.74) is 2.99. The Kier molecular flexibility index (Phi) is 1820. The fraction of sp³-hybridized carbons (Fsp3) is 0.444.